The smallest absolute Gasteiger partial charge is 0.170 e. The fourth-order valence-electron chi connectivity index (χ4n) is 2.02. The largest absolute Gasteiger partial charge is 0.294 e. The first kappa shape index (κ1) is 14.7. The van der Waals surface area contributed by atoms with E-state index in [1.807, 2.05) is 24.3 Å². The Bertz CT molecular complexity index is 617. The van der Waals surface area contributed by atoms with Crippen LogP contribution in [0, 0.1) is 5.82 Å². The molecule has 0 bridgehead atoms. The van der Waals surface area contributed by atoms with E-state index in [1.54, 1.807) is 0 Å². The molecule has 0 N–H and O–H groups in total. The van der Waals surface area contributed by atoms with Crippen molar-refractivity contribution in [3.8, 4) is 0 Å². The Labute approximate surface area is 123 Å². The maximum absolute atomic E-state index is 13.7. The molecule has 0 aromatic heterocycles. The molecular weight excluding hydrogens is 275 g/mol. The molecule has 104 valence electrons. The minimum absolute atomic E-state index is 0.0855. The Kier molecular flexibility index (Phi) is 4.56. The van der Waals surface area contributed by atoms with Crippen LogP contribution in [0.5, 0.6) is 0 Å². The summed E-state index contributed by atoms with van der Waals surface area (Å²) in [6.45, 7) is 4.23. The van der Waals surface area contributed by atoms with Gasteiger partial charge in [0.2, 0.25) is 0 Å². The van der Waals surface area contributed by atoms with E-state index in [2.05, 4.69) is 13.8 Å². The van der Waals surface area contributed by atoms with Gasteiger partial charge in [0.15, 0.2) is 5.78 Å². The molecule has 0 amide bonds. The Morgan fingerprint density at radius 1 is 1.15 bits per heavy atom. The number of halogens is 2. The number of Topliss-reactive ketones (excluding diaryl/α,β-unsaturated/α-hetero) is 1. The van der Waals surface area contributed by atoms with Gasteiger partial charge in [-0.25, -0.2) is 4.39 Å². The standard InChI is InChI=1S/C17H16ClFO/c1-11(2)13-5-3-12(4-6-13)9-17(20)15-8-7-14(18)10-16(15)19/h3-8,10-11H,9H2,1-2H3. The molecule has 0 saturated heterocycles. The number of hydrogen-bond acceptors (Lipinski definition) is 1. The first-order valence-corrected chi connectivity index (χ1v) is 6.92. The van der Waals surface area contributed by atoms with Crippen molar-refractivity contribution in [3.05, 3.63) is 70.0 Å². The van der Waals surface area contributed by atoms with Crippen LogP contribution in [0.3, 0.4) is 0 Å². The maximum atomic E-state index is 13.7. The average molecular weight is 291 g/mol. The summed E-state index contributed by atoms with van der Waals surface area (Å²) >= 11 is 5.68. The van der Waals surface area contributed by atoms with Crippen molar-refractivity contribution in [1.82, 2.24) is 0 Å². The number of carbonyl (C=O) groups is 1. The fourth-order valence-corrected chi connectivity index (χ4v) is 2.18. The lowest BCUT2D eigenvalue weighted by Crippen LogP contribution is -2.06. The van der Waals surface area contributed by atoms with Crippen LogP contribution in [0.15, 0.2) is 42.5 Å². The molecule has 0 aliphatic rings. The molecule has 0 spiro atoms. The summed E-state index contributed by atoms with van der Waals surface area (Å²) in [5, 5.41) is 0.292. The molecule has 0 aliphatic carbocycles. The predicted octanol–water partition coefficient (Wildman–Crippen LogP) is 5.03. The number of hydrogen-bond donors (Lipinski definition) is 0. The van der Waals surface area contributed by atoms with Gasteiger partial charge >= 0.3 is 0 Å². The molecule has 1 nitrogen and oxygen atoms in total. The minimum atomic E-state index is -0.568. The van der Waals surface area contributed by atoms with E-state index < -0.39 is 5.82 Å². The average Bonchev–Trinajstić information content (AvgIpc) is 2.39. The zero-order chi connectivity index (χ0) is 14.7. The van der Waals surface area contributed by atoms with E-state index in [1.165, 1.54) is 17.7 Å². The van der Waals surface area contributed by atoms with Gasteiger partial charge in [0.1, 0.15) is 5.82 Å². The molecular formula is C17H16ClFO. The monoisotopic (exact) mass is 290 g/mol. The SMILES string of the molecule is CC(C)c1ccc(CC(=O)c2ccc(Cl)cc2F)cc1. The van der Waals surface area contributed by atoms with E-state index in [0.29, 0.717) is 10.9 Å². The molecule has 0 aliphatic heterocycles. The molecule has 3 heteroatoms. The van der Waals surface area contributed by atoms with Gasteiger partial charge in [-0.2, -0.15) is 0 Å². The second-order valence-electron chi connectivity index (χ2n) is 5.12. The lowest BCUT2D eigenvalue weighted by molar-refractivity contribution is 0.0989. The Hall–Kier alpha value is -1.67. The third-order valence-corrected chi connectivity index (χ3v) is 3.48. The molecule has 2 rings (SSSR count). The Morgan fingerprint density at radius 3 is 2.35 bits per heavy atom. The van der Waals surface area contributed by atoms with Crippen LogP contribution in [0.1, 0.15) is 41.3 Å². The zero-order valence-electron chi connectivity index (χ0n) is 11.5. The predicted molar refractivity (Wildman–Crippen MR) is 80.0 cm³/mol. The molecule has 0 heterocycles. The Balaban J connectivity index is 2.15. The quantitative estimate of drug-likeness (QED) is 0.722. The number of benzene rings is 2. The summed E-state index contributed by atoms with van der Waals surface area (Å²) in [6.07, 6.45) is 0.191. The van der Waals surface area contributed by atoms with Crippen molar-refractivity contribution >= 4 is 17.4 Å². The van der Waals surface area contributed by atoms with Crippen LogP contribution < -0.4 is 0 Å². The van der Waals surface area contributed by atoms with Gasteiger partial charge in [-0.1, -0.05) is 49.7 Å². The highest BCUT2D eigenvalue weighted by Gasteiger charge is 2.12. The van der Waals surface area contributed by atoms with Crippen LogP contribution in [0.2, 0.25) is 5.02 Å². The van der Waals surface area contributed by atoms with Crippen molar-refractivity contribution in [2.24, 2.45) is 0 Å². The van der Waals surface area contributed by atoms with E-state index in [9.17, 15) is 9.18 Å². The zero-order valence-corrected chi connectivity index (χ0v) is 12.2. The lowest BCUT2D eigenvalue weighted by atomic mass is 9.98. The summed E-state index contributed by atoms with van der Waals surface area (Å²) in [7, 11) is 0. The molecule has 0 radical (unpaired) electrons. The Morgan fingerprint density at radius 2 is 1.80 bits per heavy atom. The van der Waals surface area contributed by atoms with E-state index in [-0.39, 0.29) is 17.8 Å². The van der Waals surface area contributed by atoms with Crippen LogP contribution in [-0.4, -0.2) is 5.78 Å². The molecule has 0 saturated carbocycles. The highest BCUT2D eigenvalue weighted by molar-refractivity contribution is 6.30. The maximum Gasteiger partial charge on any atom is 0.170 e. The second-order valence-corrected chi connectivity index (χ2v) is 5.56. The van der Waals surface area contributed by atoms with E-state index >= 15 is 0 Å². The first-order chi connectivity index (χ1) is 9.47. The van der Waals surface area contributed by atoms with Crippen molar-refractivity contribution in [3.63, 3.8) is 0 Å². The van der Waals surface area contributed by atoms with Crippen LogP contribution in [0.25, 0.3) is 0 Å². The first-order valence-electron chi connectivity index (χ1n) is 6.54. The molecule has 0 atom stereocenters. The second kappa shape index (κ2) is 6.19. The summed E-state index contributed by atoms with van der Waals surface area (Å²) in [5.74, 6) is -0.355. The summed E-state index contributed by atoms with van der Waals surface area (Å²) in [5.41, 5.74) is 2.19. The van der Waals surface area contributed by atoms with Crippen molar-refractivity contribution in [1.29, 1.82) is 0 Å². The third kappa shape index (κ3) is 3.45. The topological polar surface area (TPSA) is 17.1 Å². The van der Waals surface area contributed by atoms with Gasteiger partial charge in [0.05, 0.1) is 5.56 Å². The van der Waals surface area contributed by atoms with E-state index in [0.717, 1.165) is 11.6 Å². The number of rotatable bonds is 4. The van der Waals surface area contributed by atoms with Crippen LogP contribution in [-0.2, 0) is 6.42 Å². The molecule has 0 fully saturated rings. The molecule has 2 aromatic rings. The highest BCUT2D eigenvalue weighted by atomic mass is 35.5. The van der Waals surface area contributed by atoms with Crippen LogP contribution >= 0.6 is 11.6 Å². The van der Waals surface area contributed by atoms with Crippen molar-refractivity contribution in [2.45, 2.75) is 26.2 Å². The van der Waals surface area contributed by atoms with Crippen molar-refractivity contribution < 1.29 is 9.18 Å². The van der Waals surface area contributed by atoms with Gasteiger partial charge in [0, 0.05) is 11.4 Å². The molecule has 2 aromatic carbocycles. The van der Waals surface area contributed by atoms with Gasteiger partial charge < -0.3 is 0 Å². The van der Waals surface area contributed by atoms with E-state index in [4.69, 9.17) is 11.6 Å². The lowest BCUT2D eigenvalue weighted by Gasteiger charge is -2.07. The fraction of sp³-hybridized carbons (Fsp3) is 0.235. The van der Waals surface area contributed by atoms with Crippen LogP contribution in [0.4, 0.5) is 4.39 Å². The van der Waals surface area contributed by atoms with Gasteiger partial charge in [-0.3, -0.25) is 4.79 Å². The minimum Gasteiger partial charge on any atom is -0.294 e. The van der Waals surface area contributed by atoms with Gasteiger partial charge in [-0.05, 0) is 35.2 Å². The molecule has 0 unspecified atom stereocenters. The molecule has 20 heavy (non-hydrogen) atoms. The summed E-state index contributed by atoms with van der Waals surface area (Å²) in [6, 6.07) is 12.0. The van der Waals surface area contributed by atoms with Crippen molar-refractivity contribution in [2.75, 3.05) is 0 Å². The van der Waals surface area contributed by atoms with Gasteiger partial charge in [-0.15, -0.1) is 0 Å². The number of ketones is 1. The summed E-state index contributed by atoms with van der Waals surface area (Å²) < 4.78 is 13.7. The van der Waals surface area contributed by atoms with Gasteiger partial charge in [0.25, 0.3) is 0 Å². The summed E-state index contributed by atoms with van der Waals surface area (Å²) in [4.78, 5) is 12.1. The highest BCUT2D eigenvalue weighted by Crippen LogP contribution is 2.18. The number of carbonyl (C=O) groups excluding carboxylic acids is 1. The normalized spacial score (nSPS) is 10.8. The third-order valence-electron chi connectivity index (χ3n) is 3.24.